The number of carbonyl (C=O) groups is 1. The van der Waals surface area contributed by atoms with Crippen molar-refractivity contribution in [2.75, 3.05) is 12.3 Å². The Morgan fingerprint density at radius 3 is 2.72 bits per heavy atom. The van der Waals surface area contributed by atoms with Crippen molar-refractivity contribution in [3.05, 3.63) is 23.8 Å². The molecule has 2 rings (SSSR count). The zero-order valence-corrected chi connectivity index (χ0v) is 10.1. The van der Waals surface area contributed by atoms with Crippen LogP contribution in [0.2, 0.25) is 0 Å². The summed E-state index contributed by atoms with van der Waals surface area (Å²) in [5, 5.41) is 22.1. The maximum absolute atomic E-state index is 11.9. The van der Waals surface area contributed by atoms with Crippen LogP contribution in [0.5, 0.6) is 5.75 Å². The number of amides is 1. The standard InChI is InChI=1S/C13H18N2O3/c14-11-4-3-9(16)7-10(11)12(17)15-8-13(18)5-1-2-6-13/h3-4,7,16,18H,1-2,5-6,8,14H2,(H,15,17). The molecule has 1 aliphatic rings. The molecule has 0 unspecified atom stereocenters. The fourth-order valence-corrected chi connectivity index (χ4v) is 2.29. The number of anilines is 1. The Bertz CT molecular complexity index is 454. The summed E-state index contributed by atoms with van der Waals surface area (Å²) in [7, 11) is 0. The van der Waals surface area contributed by atoms with Crippen molar-refractivity contribution in [1.29, 1.82) is 0 Å². The number of nitrogens with one attached hydrogen (secondary N) is 1. The first-order valence-electron chi connectivity index (χ1n) is 6.09. The second-order valence-electron chi connectivity index (χ2n) is 4.89. The molecule has 18 heavy (non-hydrogen) atoms. The average molecular weight is 250 g/mol. The number of phenols is 1. The Kier molecular flexibility index (Phi) is 3.43. The lowest BCUT2D eigenvalue weighted by Crippen LogP contribution is -2.40. The van der Waals surface area contributed by atoms with Gasteiger partial charge in [0.05, 0.1) is 11.2 Å². The number of hydrogen-bond acceptors (Lipinski definition) is 4. The van der Waals surface area contributed by atoms with Crippen LogP contribution in [0.15, 0.2) is 18.2 Å². The van der Waals surface area contributed by atoms with Gasteiger partial charge in [-0.05, 0) is 31.0 Å². The van der Waals surface area contributed by atoms with E-state index >= 15 is 0 Å². The highest BCUT2D eigenvalue weighted by atomic mass is 16.3. The number of hydrogen-bond donors (Lipinski definition) is 4. The SMILES string of the molecule is Nc1ccc(O)cc1C(=O)NCC1(O)CCCC1. The summed E-state index contributed by atoms with van der Waals surface area (Å²) in [5.74, 6) is -0.377. The Labute approximate surface area is 106 Å². The third kappa shape index (κ3) is 2.73. The number of phenolic OH excluding ortho intramolecular Hbond substituents is 1. The molecule has 0 saturated heterocycles. The monoisotopic (exact) mass is 250 g/mol. The number of benzene rings is 1. The van der Waals surface area contributed by atoms with Gasteiger partial charge in [0.15, 0.2) is 0 Å². The molecule has 0 bridgehead atoms. The summed E-state index contributed by atoms with van der Waals surface area (Å²) in [5.41, 5.74) is 5.42. The Hall–Kier alpha value is -1.75. The van der Waals surface area contributed by atoms with Gasteiger partial charge in [-0.15, -0.1) is 0 Å². The molecular weight excluding hydrogens is 232 g/mol. The van der Waals surface area contributed by atoms with Crippen LogP contribution < -0.4 is 11.1 Å². The number of nitrogens with two attached hydrogens (primary N) is 1. The largest absolute Gasteiger partial charge is 0.508 e. The molecule has 0 spiro atoms. The minimum Gasteiger partial charge on any atom is -0.508 e. The van der Waals surface area contributed by atoms with Crippen LogP contribution in [0.3, 0.4) is 0 Å². The van der Waals surface area contributed by atoms with E-state index in [1.807, 2.05) is 0 Å². The van der Waals surface area contributed by atoms with E-state index in [2.05, 4.69) is 5.32 Å². The summed E-state index contributed by atoms with van der Waals surface area (Å²) >= 11 is 0. The first kappa shape index (κ1) is 12.7. The molecule has 5 N–H and O–H groups in total. The first-order chi connectivity index (χ1) is 8.50. The van der Waals surface area contributed by atoms with Gasteiger partial charge in [-0.1, -0.05) is 12.8 Å². The maximum atomic E-state index is 11.9. The smallest absolute Gasteiger partial charge is 0.253 e. The van der Waals surface area contributed by atoms with Crippen LogP contribution >= 0.6 is 0 Å². The zero-order valence-electron chi connectivity index (χ0n) is 10.1. The predicted molar refractivity (Wildman–Crippen MR) is 68.3 cm³/mol. The van der Waals surface area contributed by atoms with Crippen molar-refractivity contribution >= 4 is 11.6 Å². The van der Waals surface area contributed by atoms with E-state index < -0.39 is 5.60 Å². The van der Waals surface area contributed by atoms with Gasteiger partial charge in [0.2, 0.25) is 0 Å². The molecule has 1 aliphatic carbocycles. The second kappa shape index (κ2) is 4.86. The van der Waals surface area contributed by atoms with Crippen molar-refractivity contribution in [3.63, 3.8) is 0 Å². The molecule has 0 heterocycles. The molecule has 5 nitrogen and oxygen atoms in total. The van der Waals surface area contributed by atoms with E-state index in [0.29, 0.717) is 18.5 Å². The van der Waals surface area contributed by atoms with Crippen molar-refractivity contribution in [2.24, 2.45) is 0 Å². The molecule has 1 saturated carbocycles. The van der Waals surface area contributed by atoms with Crippen molar-refractivity contribution in [3.8, 4) is 5.75 Å². The topological polar surface area (TPSA) is 95.6 Å². The van der Waals surface area contributed by atoms with E-state index in [1.54, 1.807) is 0 Å². The number of rotatable bonds is 3. The molecule has 5 heteroatoms. The molecular formula is C13H18N2O3. The second-order valence-corrected chi connectivity index (χ2v) is 4.89. The molecule has 98 valence electrons. The van der Waals surface area contributed by atoms with Gasteiger partial charge in [0, 0.05) is 12.2 Å². The predicted octanol–water partition coefficient (Wildman–Crippen LogP) is 1.01. The number of aliphatic hydroxyl groups is 1. The lowest BCUT2D eigenvalue weighted by molar-refractivity contribution is 0.0450. The van der Waals surface area contributed by atoms with Crippen LogP contribution in [0.4, 0.5) is 5.69 Å². The van der Waals surface area contributed by atoms with Crippen LogP contribution in [-0.2, 0) is 0 Å². The number of carbonyl (C=O) groups excluding carboxylic acids is 1. The highest BCUT2D eigenvalue weighted by Crippen LogP contribution is 2.28. The molecule has 1 aromatic rings. The molecule has 1 aromatic carbocycles. The molecule has 1 amide bonds. The van der Waals surface area contributed by atoms with Crippen molar-refractivity contribution in [1.82, 2.24) is 5.32 Å². The summed E-state index contributed by atoms with van der Waals surface area (Å²) < 4.78 is 0. The molecule has 0 radical (unpaired) electrons. The van der Waals surface area contributed by atoms with Crippen molar-refractivity contribution in [2.45, 2.75) is 31.3 Å². The Morgan fingerprint density at radius 2 is 2.06 bits per heavy atom. The van der Waals surface area contributed by atoms with E-state index in [9.17, 15) is 15.0 Å². The highest BCUT2D eigenvalue weighted by Gasteiger charge is 2.31. The summed E-state index contributed by atoms with van der Waals surface area (Å²) in [6, 6.07) is 4.23. The summed E-state index contributed by atoms with van der Waals surface area (Å²) in [6.45, 7) is 0.223. The Morgan fingerprint density at radius 1 is 1.39 bits per heavy atom. The van der Waals surface area contributed by atoms with Crippen LogP contribution in [0.25, 0.3) is 0 Å². The zero-order chi connectivity index (χ0) is 13.2. The fraction of sp³-hybridized carbons (Fsp3) is 0.462. The molecule has 1 fully saturated rings. The van der Waals surface area contributed by atoms with Gasteiger partial charge in [0.25, 0.3) is 5.91 Å². The lowest BCUT2D eigenvalue weighted by atomic mass is 10.0. The van der Waals surface area contributed by atoms with E-state index in [0.717, 1.165) is 12.8 Å². The molecule has 0 aromatic heterocycles. The van der Waals surface area contributed by atoms with Crippen molar-refractivity contribution < 1.29 is 15.0 Å². The summed E-state index contributed by atoms with van der Waals surface area (Å²) in [4.78, 5) is 11.9. The van der Waals surface area contributed by atoms with E-state index in [1.165, 1.54) is 18.2 Å². The molecule has 0 atom stereocenters. The van der Waals surface area contributed by atoms with E-state index in [4.69, 9.17) is 5.73 Å². The van der Waals surface area contributed by atoms with Gasteiger partial charge in [-0.2, -0.15) is 0 Å². The fourth-order valence-electron chi connectivity index (χ4n) is 2.29. The van der Waals surface area contributed by atoms with Gasteiger partial charge < -0.3 is 21.3 Å². The normalized spacial score (nSPS) is 17.6. The Balaban J connectivity index is 2.01. The highest BCUT2D eigenvalue weighted by molar-refractivity contribution is 5.99. The van der Waals surface area contributed by atoms with Crippen LogP contribution in [0.1, 0.15) is 36.0 Å². The van der Waals surface area contributed by atoms with Gasteiger partial charge in [0.1, 0.15) is 5.75 Å². The quantitative estimate of drug-likeness (QED) is 0.475. The van der Waals surface area contributed by atoms with Gasteiger partial charge in [-0.3, -0.25) is 4.79 Å². The maximum Gasteiger partial charge on any atom is 0.253 e. The average Bonchev–Trinajstić information content (AvgIpc) is 2.77. The lowest BCUT2D eigenvalue weighted by Gasteiger charge is -2.22. The number of nitrogen functional groups attached to an aromatic ring is 1. The molecule has 0 aliphatic heterocycles. The van der Waals surface area contributed by atoms with E-state index in [-0.39, 0.29) is 23.8 Å². The summed E-state index contributed by atoms with van der Waals surface area (Å²) in [6.07, 6.45) is 3.40. The van der Waals surface area contributed by atoms with Gasteiger partial charge >= 0.3 is 0 Å². The first-order valence-corrected chi connectivity index (χ1v) is 6.09. The van der Waals surface area contributed by atoms with Gasteiger partial charge in [-0.25, -0.2) is 0 Å². The minimum absolute atomic E-state index is 0.00562. The minimum atomic E-state index is -0.790. The van der Waals surface area contributed by atoms with Crippen LogP contribution in [0, 0.1) is 0 Å². The third-order valence-electron chi connectivity index (χ3n) is 3.39. The van der Waals surface area contributed by atoms with Crippen LogP contribution in [-0.4, -0.2) is 28.3 Å². The third-order valence-corrected chi connectivity index (χ3v) is 3.39. The number of aromatic hydroxyl groups is 1.